The van der Waals surface area contributed by atoms with Crippen LogP contribution in [0.2, 0.25) is 0 Å². The number of nitrogens with zero attached hydrogens (tertiary/aromatic N) is 2. The third-order valence-corrected chi connectivity index (χ3v) is 5.82. The topological polar surface area (TPSA) is 32.8 Å². The van der Waals surface area contributed by atoms with Gasteiger partial charge in [-0.3, -0.25) is 4.79 Å². The molecule has 2 aromatic rings. The maximum absolute atomic E-state index is 12.2. The van der Waals surface area contributed by atoms with Gasteiger partial charge in [-0.05, 0) is 18.2 Å². The van der Waals surface area contributed by atoms with Crippen molar-refractivity contribution in [3.8, 4) is 0 Å². The summed E-state index contributed by atoms with van der Waals surface area (Å²) in [6.45, 7) is 8.91. The highest BCUT2D eigenvalue weighted by atomic mass is 35.5. The first-order valence-electron chi connectivity index (χ1n) is 10.2. The second-order valence-corrected chi connectivity index (χ2v) is 8.02. The van der Waals surface area contributed by atoms with Crippen LogP contribution in [-0.4, -0.2) is 55.5 Å². The van der Waals surface area contributed by atoms with Crippen LogP contribution in [0.5, 0.6) is 0 Å². The van der Waals surface area contributed by atoms with Crippen LogP contribution >= 0.6 is 12.4 Å². The molecule has 0 aromatic heterocycles. The lowest BCUT2D eigenvalue weighted by Gasteiger charge is -2.42. The Balaban J connectivity index is 0.00000300. The van der Waals surface area contributed by atoms with Crippen molar-refractivity contribution in [3.63, 3.8) is 0 Å². The van der Waals surface area contributed by atoms with Gasteiger partial charge in [-0.1, -0.05) is 67.6 Å². The largest absolute Gasteiger partial charge is 0.454 e. The first-order valence-corrected chi connectivity index (χ1v) is 10.2. The third-order valence-electron chi connectivity index (χ3n) is 5.82. The second kappa shape index (κ2) is 10.8. The predicted octanol–water partition coefficient (Wildman–Crippen LogP) is 3.99. The molecule has 1 saturated heterocycles. The highest BCUT2D eigenvalue weighted by Gasteiger charge is 2.42. The fraction of sp³-hybridized carbons (Fsp3) is 0.458. The first-order chi connectivity index (χ1) is 13.5. The lowest BCUT2D eigenvalue weighted by Crippen LogP contribution is -2.50. The Morgan fingerprint density at radius 3 is 2.10 bits per heavy atom. The molecule has 0 radical (unpaired) electrons. The molecule has 5 heteroatoms. The van der Waals surface area contributed by atoms with Gasteiger partial charge in [0, 0.05) is 52.0 Å². The van der Waals surface area contributed by atoms with Gasteiger partial charge in [-0.15, -0.1) is 12.4 Å². The van der Waals surface area contributed by atoms with E-state index in [2.05, 4.69) is 48.0 Å². The number of halogens is 1. The zero-order chi connectivity index (χ0) is 20.0. The summed E-state index contributed by atoms with van der Waals surface area (Å²) in [5.74, 6) is -0.0765. The van der Waals surface area contributed by atoms with Gasteiger partial charge in [0.15, 0.2) is 0 Å². The van der Waals surface area contributed by atoms with Gasteiger partial charge >= 0.3 is 5.97 Å². The van der Waals surface area contributed by atoms with E-state index in [0.29, 0.717) is 6.42 Å². The Hall–Kier alpha value is -1.88. The number of likely N-dealkylation sites (N-methyl/N-ethyl adjacent to an activating group) is 1. The first kappa shape index (κ1) is 23.4. The molecular formula is C24H33ClN2O2. The molecule has 2 aromatic carbocycles. The molecule has 0 saturated carbocycles. The number of carbonyl (C=O) groups excluding carboxylic acids is 1. The molecule has 1 heterocycles. The molecule has 2 atom stereocenters. The molecule has 0 aliphatic carbocycles. The van der Waals surface area contributed by atoms with E-state index in [1.165, 1.54) is 12.5 Å². The summed E-state index contributed by atoms with van der Waals surface area (Å²) in [5, 5.41) is 0. The van der Waals surface area contributed by atoms with E-state index < -0.39 is 5.60 Å². The maximum Gasteiger partial charge on any atom is 0.303 e. The number of benzene rings is 2. The van der Waals surface area contributed by atoms with E-state index in [4.69, 9.17) is 4.74 Å². The molecule has 1 fully saturated rings. The molecule has 2 unspecified atom stereocenters. The van der Waals surface area contributed by atoms with Crippen LogP contribution in [0.4, 0.5) is 0 Å². The van der Waals surface area contributed by atoms with E-state index in [-0.39, 0.29) is 24.3 Å². The van der Waals surface area contributed by atoms with Gasteiger partial charge in [-0.2, -0.15) is 0 Å². The maximum atomic E-state index is 12.2. The Labute approximate surface area is 181 Å². The summed E-state index contributed by atoms with van der Waals surface area (Å²) in [5.41, 5.74) is 1.56. The highest BCUT2D eigenvalue weighted by Crippen LogP contribution is 2.38. The smallest absolute Gasteiger partial charge is 0.303 e. The summed E-state index contributed by atoms with van der Waals surface area (Å²) in [6, 6.07) is 20.6. The van der Waals surface area contributed by atoms with E-state index in [0.717, 1.165) is 38.3 Å². The van der Waals surface area contributed by atoms with E-state index in [1.807, 2.05) is 36.4 Å². The van der Waals surface area contributed by atoms with Crippen molar-refractivity contribution in [1.82, 2.24) is 9.80 Å². The van der Waals surface area contributed by atoms with E-state index >= 15 is 0 Å². The fourth-order valence-electron chi connectivity index (χ4n) is 4.20. The van der Waals surface area contributed by atoms with Crippen molar-refractivity contribution in [2.24, 2.45) is 5.92 Å². The van der Waals surface area contributed by atoms with Gasteiger partial charge in [0.05, 0.1) is 0 Å². The molecule has 1 aliphatic rings. The number of ether oxygens (including phenoxy) is 1. The predicted molar refractivity (Wildman–Crippen MR) is 120 cm³/mol. The van der Waals surface area contributed by atoms with Crippen LogP contribution in [-0.2, 0) is 21.6 Å². The lowest BCUT2D eigenvalue weighted by molar-refractivity contribution is -0.166. The van der Waals surface area contributed by atoms with Crippen LogP contribution in [0.1, 0.15) is 25.0 Å². The average molecular weight is 417 g/mol. The molecule has 158 valence electrons. The van der Waals surface area contributed by atoms with Crippen LogP contribution in [0, 0.1) is 5.92 Å². The molecule has 1 aliphatic heterocycles. The molecule has 0 N–H and O–H groups in total. The van der Waals surface area contributed by atoms with Crippen molar-refractivity contribution in [2.75, 3.05) is 39.8 Å². The summed E-state index contributed by atoms with van der Waals surface area (Å²) in [6.07, 6.45) is 0.673. The number of carbonyl (C=O) groups is 1. The molecule has 0 amide bonds. The Morgan fingerprint density at radius 1 is 1.00 bits per heavy atom. The molecule has 0 bridgehead atoms. The number of hydrogen-bond donors (Lipinski definition) is 0. The van der Waals surface area contributed by atoms with Gasteiger partial charge in [0.25, 0.3) is 0 Å². The highest BCUT2D eigenvalue weighted by molar-refractivity contribution is 5.85. The van der Waals surface area contributed by atoms with Crippen molar-refractivity contribution in [1.29, 1.82) is 0 Å². The van der Waals surface area contributed by atoms with E-state index in [1.54, 1.807) is 0 Å². The Kier molecular flexibility index (Phi) is 8.69. The number of esters is 1. The van der Waals surface area contributed by atoms with Crippen molar-refractivity contribution in [2.45, 2.75) is 25.9 Å². The van der Waals surface area contributed by atoms with Crippen molar-refractivity contribution < 1.29 is 9.53 Å². The minimum absolute atomic E-state index is 0. The molecule has 0 spiro atoms. The van der Waals surface area contributed by atoms with Gasteiger partial charge in [0.2, 0.25) is 0 Å². The van der Waals surface area contributed by atoms with E-state index in [9.17, 15) is 4.79 Å². The molecule has 29 heavy (non-hydrogen) atoms. The van der Waals surface area contributed by atoms with Crippen LogP contribution in [0.15, 0.2) is 60.7 Å². The number of hydrogen-bond acceptors (Lipinski definition) is 4. The minimum atomic E-state index is -0.683. The number of rotatable bonds is 7. The SMILES string of the molecule is CC(=O)OC(Cc1ccccc1)(c1ccccc1)C(C)CN1CCN(C)CC1.Cl. The average Bonchev–Trinajstić information content (AvgIpc) is 2.70. The molecule has 3 rings (SSSR count). The zero-order valence-electron chi connectivity index (χ0n) is 17.7. The monoisotopic (exact) mass is 416 g/mol. The molecular weight excluding hydrogens is 384 g/mol. The molecule has 4 nitrogen and oxygen atoms in total. The van der Waals surface area contributed by atoms with Gasteiger partial charge in [-0.25, -0.2) is 0 Å². The second-order valence-electron chi connectivity index (χ2n) is 8.02. The Morgan fingerprint density at radius 2 is 1.55 bits per heavy atom. The van der Waals surface area contributed by atoms with Crippen LogP contribution in [0.3, 0.4) is 0 Å². The minimum Gasteiger partial charge on any atom is -0.454 e. The number of piperazine rings is 1. The zero-order valence-corrected chi connectivity index (χ0v) is 18.5. The summed E-state index contributed by atoms with van der Waals surface area (Å²) < 4.78 is 6.18. The third kappa shape index (κ3) is 6.05. The quantitative estimate of drug-likeness (QED) is 0.639. The summed E-state index contributed by atoms with van der Waals surface area (Å²) in [7, 11) is 2.17. The standard InChI is InChI=1S/C24H32N2O2.ClH/c1-20(19-26-16-14-25(3)15-17-26)24(28-21(2)27,23-12-8-5-9-13-23)18-22-10-6-4-7-11-22;/h4-13,20H,14-19H2,1-3H3;1H. The van der Waals surface area contributed by atoms with Crippen LogP contribution in [0.25, 0.3) is 0 Å². The lowest BCUT2D eigenvalue weighted by atomic mass is 9.77. The van der Waals surface area contributed by atoms with Crippen molar-refractivity contribution in [3.05, 3.63) is 71.8 Å². The summed E-state index contributed by atoms with van der Waals surface area (Å²) >= 11 is 0. The van der Waals surface area contributed by atoms with Gasteiger partial charge < -0.3 is 14.5 Å². The van der Waals surface area contributed by atoms with Gasteiger partial charge in [0.1, 0.15) is 5.60 Å². The van der Waals surface area contributed by atoms with Crippen molar-refractivity contribution >= 4 is 18.4 Å². The fourth-order valence-corrected chi connectivity index (χ4v) is 4.20. The Bertz CT molecular complexity index is 748. The normalized spacial score (nSPS) is 18.3. The summed E-state index contributed by atoms with van der Waals surface area (Å²) in [4.78, 5) is 17.1. The van der Waals surface area contributed by atoms with Crippen LogP contribution < -0.4 is 0 Å².